The molecule has 0 aromatic heterocycles. The van der Waals surface area contributed by atoms with E-state index in [1.807, 2.05) is 6.07 Å². The molecule has 2 rings (SSSR count). The molecule has 0 saturated carbocycles. The van der Waals surface area contributed by atoms with Crippen LogP contribution in [0.2, 0.25) is 0 Å². The number of rotatable bonds is 7. The molecular weight excluding hydrogens is 359 g/mol. The highest BCUT2D eigenvalue weighted by molar-refractivity contribution is 5.44. The predicted octanol–water partition coefficient (Wildman–Crippen LogP) is 3.89. The molecule has 0 aliphatic carbocycles. The van der Waals surface area contributed by atoms with Gasteiger partial charge < -0.3 is 20.3 Å². The maximum atomic E-state index is 13.1. The van der Waals surface area contributed by atoms with E-state index in [0.717, 1.165) is 17.7 Å². The third-order valence-electron chi connectivity index (χ3n) is 4.59. The van der Waals surface area contributed by atoms with Crippen molar-refractivity contribution in [2.75, 3.05) is 14.2 Å². The van der Waals surface area contributed by atoms with Crippen LogP contribution in [0.3, 0.4) is 0 Å². The Labute approximate surface area is 156 Å². The molecule has 1 unspecified atom stereocenters. The summed E-state index contributed by atoms with van der Waals surface area (Å²) in [5.74, 6) is 1.08. The van der Waals surface area contributed by atoms with Crippen LogP contribution in [0, 0.1) is 0 Å². The van der Waals surface area contributed by atoms with E-state index >= 15 is 0 Å². The second-order valence-electron chi connectivity index (χ2n) is 6.78. The first-order chi connectivity index (χ1) is 12.6. The molecule has 4 nitrogen and oxygen atoms in total. The number of nitrogens with two attached hydrogens (primary N) is 1. The fourth-order valence-electron chi connectivity index (χ4n) is 3.27. The third kappa shape index (κ3) is 5.14. The van der Waals surface area contributed by atoms with Crippen molar-refractivity contribution in [3.63, 3.8) is 0 Å². The van der Waals surface area contributed by atoms with Gasteiger partial charge in [0.25, 0.3) is 0 Å². The number of alkyl halides is 3. The first kappa shape index (κ1) is 21.1. The van der Waals surface area contributed by atoms with Gasteiger partial charge in [-0.2, -0.15) is 13.2 Å². The minimum absolute atomic E-state index is 0.0999. The second kappa shape index (κ2) is 8.19. The van der Waals surface area contributed by atoms with Crippen LogP contribution in [-0.2, 0) is 18.0 Å². The number of hydrogen-bond acceptors (Lipinski definition) is 4. The van der Waals surface area contributed by atoms with Gasteiger partial charge in [0.15, 0.2) is 11.5 Å². The Bertz CT molecular complexity index is 777. The maximum Gasteiger partial charge on any atom is 0.416 e. The predicted molar refractivity (Wildman–Crippen MR) is 96.9 cm³/mol. The van der Waals surface area contributed by atoms with Gasteiger partial charge in [0, 0.05) is 5.41 Å². The van der Waals surface area contributed by atoms with E-state index in [1.165, 1.54) is 20.3 Å². The fourth-order valence-corrected chi connectivity index (χ4v) is 3.27. The van der Waals surface area contributed by atoms with E-state index in [-0.39, 0.29) is 6.42 Å². The van der Waals surface area contributed by atoms with Crippen molar-refractivity contribution in [2.24, 2.45) is 5.73 Å². The van der Waals surface area contributed by atoms with Gasteiger partial charge >= 0.3 is 6.18 Å². The summed E-state index contributed by atoms with van der Waals surface area (Å²) < 4.78 is 49.9. The van der Waals surface area contributed by atoms with E-state index in [0.29, 0.717) is 23.5 Å². The van der Waals surface area contributed by atoms with Gasteiger partial charge in [-0.3, -0.25) is 0 Å². The minimum Gasteiger partial charge on any atom is -0.493 e. The topological polar surface area (TPSA) is 64.7 Å². The molecule has 0 aliphatic rings. The number of aliphatic hydroxyl groups is 1. The summed E-state index contributed by atoms with van der Waals surface area (Å²) in [4.78, 5) is 0. The maximum absolute atomic E-state index is 13.1. The molecule has 0 aliphatic heterocycles. The molecule has 0 fully saturated rings. The number of halogens is 3. The van der Waals surface area contributed by atoms with E-state index in [9.17, 15) is 18.3 Å². The average Bonchev–Trinajstić information content (AvgIpc) is 2.60. The largest absolute Gasteiger partial charge is 0.493 e. The lowest BCUT2D eigenvalue weighted by atomic mass is 9.74. The van der Waals surface area contributed by atoms with Crippen molar-refractivity contribution in [2.45, 2.75) is 37.6 Å². The van der Waals surface area contributed by atoms with Gasteiger partial charge in [-0.1, -0.05) is 31.2 Å². The number of hydrogen-bond donors (Lipinski definition) is 2. The fraction of sp³-hybridized carbons (Fsp3) is 0.400. The SMILES string of the molecule is COc1ccc(CC(C)(C[C@H](N)O)c2cccc(C(F)(F)F)c2)cc1OC. The number of benzene rings is 2. The molecule has 27 heavy (non-hydrogen) atoms. The molecule has 2 atom stereocenters. The van der Waals surface area contributed by atoms with Crippen LogP contribution in [0.4, 0.5) is 13.2 Å². The first-order valence-electron chi connectivity index (χ1n) is 8.41. The van der Waals surface area contributed by atoms with Gasteiger partial charge in [0.1, 0.15) is 6.23 Å². The van der Waals surface area contributed by atoms with Crippen LogP contribution in [0.15, 0.2) is 42.5 Å². The van der Waals surface area contributed by atoms with Crippen molar-refractivity contribution < 1.29 is 27.8 Å². The Morgan fingerprint density at radius 3 is 2.19 bits per heavy atom. The molecule has 0 spiro atoms. The molecule has 2 aromatic rings. The quantitative estimate of drug-likeness (QED) is 0.712. The normalized spacial score (nSPS) is 15.1. The van der Waals surface area contributed by atoms with Crippen molar-refractivity contribution in [1.29, 1.82) is 0 Å². The van der Waals surface area contributed by atoms with Crippen molar-refractivity contribution >= 4 is 0 Å². The molecule has 7 heteroatoms. The van der Waals surface area contributed by atoms with Crippen LogP contribution in [0.5, 0.6) is 11.5 Å². The zero-order valence-corrected chi connectivity index (χ0v) is 15.5. The monoisotopic (exact) mass is 383 g/mol. The summed E-state index contributed by atoms with van der Waals surface area (Å²) >= 11 is 0. The van der Waals surface area contributed by atoms with Crippen LogP contribution in [-0.4, -0.2) is 25.6 Å². The third-order valence-corrected chi connectivity index (χ3v) is 4.59. The highest BCUT2D eigenvalue weighted by Crippen LogP contribution is 2.38. The average molecular weight is 383 g/mol. The molecular formula is C20H24F3NO3. The van der Waals surface area contributed by atoms with Crippen molar-refractivity contribution in [3.8, 4) is 11.5 Å². The summed E-state index contributed by atoms with van der Waals surface area (Å²) in [5, 5.41) is 9.75. The van der Waals surface area contributed by atoms with Crippen molar-refractivity contribution in [1.82, 2.24) is 0 Å². The van der Waals surface area contributed by atoms with Gasteiger partial charge in [0.05, 0.1) is 19.8 Å². The van der Waals surface area contributed by atoms with Crippen LogP contribution < -0.4 is 15.2 Å². The van der Waals surface area contributed by atoms with E-state index in [1.54, 1.807) is 25.1 Å². The second-order valence-corrected chi connectivity index (χ2v) is 6.78. The first-order valence-corrected chi connectivity index (χ1v) is 8.41. The minimum atomic E-state index is -4.44. The lowest BCUT2D eigenvalue weighted by molar-refractivity contribution is -0.137. The molecule has 3 N–H and O–H groups in total. The highest BCUT2D eigenvalue weighted by atomic mass is 19.4. The Morgan fingerprint density at radius 1 is 1.00 bits per heavy atom. The molecule has 148 valence electrons. The number of methoxy groups -OCH3 is 2. The zero-order chi connectivity index (χ0) is 20.2. The number of ether oxygens (including phenoxy) is 2. The Kier molecular flexibility index (Phi) is 6.38. The van der Waals surface area contributed by atoms with Gasteiger partial charge in [-0.05, 0) is 42.2 Å². The molecule has 0 radical (unpaired) electrons. The van der Waals surface area contributed by atoms with Gasteiger partial charge in [-0.15, -0.1) is 0 Å². The Morgan fingerprint density at radius 2 is 1.63 bits per heavy atom. The van der Waals surface area contributed by atoms with E-state index < -0.39 is 23.4 Å². The Hall–Kier alpha value is -2.25. The summed E-state index contributed by atoms with van der Waals surface area (Å²) in [6, 6.07) is 10.5. The van der Waals surface area contributed by atoms with Crippen molar-refractivity contribution in [3.05, 3.63) is 59.2 Å². The lowest BCUT2D eigenvalue weighted by Gasteiger charge is -2.32. The smallest absolute Gasteiger partial charge is 0.416 e. The van der Waals surface area contributed by atoms with E-state index in [4.69, 9.17) is 15.2 Å². The Balaban J connectivity index is 2.45. The van der Waals surface area contributed by atoms with Gasteiger partial charge in [0.2, 0.25) is 0 Å². The van der Waals surface area contributed by atoms with Gasteiger partial charge in [-0.25, -0.2) is 0 Å². The summed E-state index contributed by atoms with van der Waals surface area (Å²) in [6.45, 7) is 1.79. The van der Waals surface area contributed by atoms with Crippen LogP contribution >= 0.6 is 0 Å². The lowest BCUT2D eigenvalue weighted by Crippen LogP contribution is -2.34. The molecule has 0 heterocycles. The van der Waals surface area contributed by atoms with Crippen LogP contribution in [0.1, 0.15) is 30.0 Å². The zero-order valence-electron chi connectivity index (χ0n) is 15.5. The standard InChI is InChI=1S/C20H24F3NO3/c1-19(12-18(24)25,14-5-4-6-15(10-14)20(21,22)23)11-13-7-8-16(26-2)17(9-13)27-3/h4-10,18,25H,11-12,24H2,1-3H3/t18-,19?/m1/s1. The molecule has 0 bridgehead atoms. The summed E-state index contributed by atoms with van der Waals surface area (Å²) in [7, 11) is 3.03. The summed E-state index contributed by atoms with van der Waals surface area (Å²) in [6.07, 6.45) is -5.14. The van der Waals surface area contributed by atoms with Crippen LogP contribution in [0.25, 0.3) is 0 Å². The molecule has 0 saturated heterocycles. The van der Waals surface area contributed by atoms with E-state index in [2.05, 4.69) is 0 Å². The number of aliphatic hydroxyl groups excluding tert-OH is 1. The molecule has 0 amide bonds. The highest BCUT2D eigenvalue weighted by Gasteiger charge is 2.34. The summed E-state index contributed by atoms with van der Waals surface area (Å²) in [5.41, 5.74) is 5.32. The molecule has 2 aromatic carbocycles.